The van der Waals surface area contributed by atoms with Crippen molar-refractivity contribution in [2.24, 2.45) is 5.92 Å². The molecular formula is C15H20N2O3. The Labute approximate surface area is 118 Å². The quantitative estimate of drug-likeness (QED) is 0.855. The highest BCUT2D eigenvalue weighted by Crippen LogP contribution is 2.51. The first-order chi connectivity index (χ1) is 9.76. The lowest BCUT2D eigenvalue weighted by Gasteiger charge is -2.53. The average Bonchev–Trinajstić information content (AvgIpc) is 2.92. The Hall–Kier alpha value is -1.14. The second-order valence-electron chi connectivity index (χ2n) is 5.94. The van der Waals surface area contributed by atoms with Gasteiger partial charge in [-0.1, -0.05) is 18.2 Å². The maximum Gasteiger partial charge on any atom is 0.207 e. The summed E-state index contributed by atoms with van der Waals surface area (Å²) in [6, 6.07) is 7.52. The van der Waals surface area contributed by atoms with E-state index in [2.05, 4.69) is 10.4 Å². The number of ether oxygens (including phenoxy) is 1. The SMILES string of the molecule is CO[C@]12ON[C@@H](c3ccccc3O)[C@@H]1N1CCC2CC1. The van der Waals surface area contributed by atoms with Gasteiger partial charge in [0.15, 0.2) is 0 Å². The van der Waals surface area contributed by atoms with E-state index in [0.717, 1.165) is 31.5 Å². The molecule has 0 unspecified atom stereocenters. The monoisotopic (exact) mass is 276 g/mol. The van der Waals surface area contributed by atoms with Gasteiger partial charge >= 0.3 is 0 Å². The molecule has 2 bridgehead atoms. The van der Waals surface area contributed by atoms with Crippen molar-refractivity contribution in [3.05, 3.63) is 29.8 Å². The van der Waals surface area contributed by atoms with Gasteiger partial charge in [-0.2, -0.15) is 5.48 Å². The van der Waals surface area contributed by atoms with E-state index in [1.807, 2.05) is 18.2 Å². The number of fused-ring (bicyclic) bond motifs is 2. The van der Waals surface area contributed by atoms with Crippen LogP contribution in [-0.2, 0) is 9.57 Å². The third-order valence-corrected chi connectivity index (χ3v) is 5.16. The predicted octanol–water partition coefficient (Wildman–Crippen LogP) is 1.41. The van der Waals surface area contributed by atoms with E-state index >= 15 is 0 Å². The lowest BCUT2D eigenvalue weighted by molar-refractivity contribution is -0.298. The zero-order chi connectivity index (χ0) is 13.7. The van der Waals surface area contributed by atoms with E-state index in [-0.39, 0.29) is 12.1 Å². The first-order valence-corrected chi connectivity index (χ1v) is 7.27. The molecular weight excluding hydrogens is 256 g/mol. The smallest absolute Gasteiger partial charge is 0.207 e. The summed E-state index contributed by atoms with van der Waals surface area (Å²) in [5.41, 5.74) is 4.00. The third-order valence-electron chi connectivity index (χ3n) is 5.16. The number of methoxy groups -OCH3 is 1. The number of phenolic OH excluding ortho intramolecular Hbond substituents is 1. The Balaban J connectivity index is 1.76. The molecule has 0 spiro atoms. The van der Waals surface area contributed by atoms with Crippen molar-refractivity contribution < 1.29 is 14.7 Å². The molecule has 0 saturated carbocycles. The molecule has 20 heavy (non-hydrogen) atoms. The van der Waals surface area contributed by atoms with Crippen LogP contribution in [0, 0.1) is 5.92 Å². The van der Waals surface area contributed by atoms with Gasteiger partial charge < -0.3 is 9.84 Å². The highest BCUT2D eigenvalue weighted by molar-refractivity contribution is 5.37. The van der Waals surface area contributed by atoms with Crippen LogP contribution in [0.1, 0.15) is 24.4 Å². The van der Waals surface area contributed by atoms with Crippen molar-refractivity contribution >= 4 is 0 Å². The summed E-state index contributed by atoms with van der Waals surface area (Å²) in [6.07, 6.45) is 2.22. The number of hydrogen-bond donors (Lipinski definition) is 2. The summed E-state index contributed by atoms with van der Waals surface area (Å²) in [5, 5.41) is 10.1. The Morgan fingerprint density at radius 1 is 1.35 bits per heavy atom. The molecule has 1 aromatic carbocycles. The number of nitrogens with one attached hydrogen (secondary N) is 1. The second-order valence-corrected chi connectivity index (χ2v) is 5.94. The van der Waals surface area contributed by atoms with Gasteiger partial charge in [0.05, 0.1) is 12.1 Å². The molecule has 0 aromatic heterocycles. The van der Waals surface area contributed by atoms with E-state index in [9.17, 15) is 5.11 Å². The van der Waals surface area contributed by atoms with Crippen LogP contribution in [0.5, 0.6) is 5.75 Å². The highest BCUT2D eigenvalue weighted by atomic mass is 16.8. The minimum Gasteiger partial charge on any atom is -0.508 e. The zero-order valence-corrected chi connectivity index (χ0v) is 11.6. The molecule has 5 heteroatoms. The highest BCUT2D eigenvalue weighted by Gasteiger charge is 2.63. The summed E-state index contributed by atoms with van der Waals surface area (Å²) in [4.78, 5) is 8.36. The van der Waals surface area contributed by atoms with E-state index in [0.29, 0.717) is 11.7 Å². The Morgan fingerprint density at radius 3 is 2.80 bits per heavy atom. The summed E-state index contributed by atoms with van der Waals surface area (Å²) < 4.78 is 5.82. The largest absolute Gasteiger partial charge is 0.508 e. The van der Waals surface area contributed by atoms with E-state index < -0.39 is 5.79 Å². The number of hydrogen-bond acceptors (Lipinski definition) is 5. The van der Waals surface area contributed by atoms with Crippen LogP contribution in [0.15, 0.2) is 24.3 Å². The molecule has 0 amide bonds. The lowest BCUT2D eigenvalue weighted by atomic mass is 9.74. The van der Waals surface area contributed by atoms with Crippen molar-refractivity contribution in [3.63, 3.8) is 0 Å². The molecule has 0 radical (unpaired) electrons. The average molecular weight is 276 g/mol. The van der Waals surface area contributed by atoms with Crippen LogP contribution in [-0.4, -0.2) is 42.0 Å². The molecule has 2 N–H and O–H groups in total. The van der Waals surface area contributed by atoms with E-state index in [1.54, 1.807) is 13.2 Å². The van der Waals surface area contributed by atoms with Crippen molar-refractivity contribution in [3.8, 4) is 5.75 Å². The normalized spacial score (nSPS) is 42.6. The second kappa shape index (κ2) is 4.43. The molecule has 4 saturated heterocycles. The topological polar surface area (TPSA) is 54.0 Å². The fourth-order valence-electron chi connectivity index (χ4n) is 4.20. The van der Waals surface area contributed by atoms with E-state index in [1.165, 1.54) is 0 Å². The third kappa shape index (κ3) is 1.52. The van der Waals surface area contributed by atoms with Crippen molar-refractivity contribution in [1.82, 2.24) is 10.4 Å². The number of benzene rings is 1. The number of nitrogens with zero attached hydrogens (tertiary/aromatic N) is 1. The van der Waals surface area contributed by atoms with E-state index in [4.69, 9.17) is 9.57 Å². The lowest BCUT2D eigenvalue weighted by Crippen LogP contribution is -2.65. The molecule has 4 aliphatic rings. The predicted molar refractivity (Wildman–Crippen MR) is 72.9 cm³/mol. The van der Waals surface area contributed by atoms with Crippen LogP contribution in [0.25, 0.3) is 0 Å². The van der Waals surface area contributed by atoms with Crippen molar-refractivity contribution in [2.45, 2.75) is 30.7 Å². The van der Waals surface area contributed by atoms with Gasteiger partial charge in [-0.05, 0) is 32.0 Å². The zero-order valence-electron chi connectivity index (χ0n) is 11.6. The molecule has 5 rings (SSSR count). The first-order valence-electron chi connectivity index (χ1n) is 7.27. The molecule has 4 fully saturated rings. The standard InChI is InChI=1S/C15H20N2O3/c1-19-15-10-6-8-17(9-7-10)14(15)13(16-20-15)11-4-2-3-5-12(11)18/h2-5,10,13-14,16,18H,6-9H2,1H3/t13-,14-,15+/m0/s1. The molecule has 4 heterocycles. The summed E-state index contributed by atoms with van der Waals surface area (Å²) in [5.74, 6) is 0.151. The molecule has 0 aliphatic carbocycles. The molecule has 1 aromatic rings. The van der Waals surface area contributed by atoms with Gasteiger partial charge in [0, 0.05) is 18.6 Å². The van der Waals surface area contributed by atoms with Gasteiger partial charge in [0.1, 0.15) is 5.75 Å². The number of aromatic hydroxyl groups is 1. The summed E-state index contributed by atoms with van der Waals surface area (Å²) >= 11 is 0. The number of phenols is 1. The number of hydroxylamine groups is 1. The first kappa shape index (κ1) is 12.6. The molecule has 4 aliphatic heterocycles. The number of para-hydroxylation sites is 1. The maximum absolute atomic E-state index is 10.1. The molecule has 108 valence electrons. The van der Waals surface area contributed by atoms with Crippen LogP contribution in [0.3, 0.4) is 0 Å². The van der Waals surface area contributed by atoms with Gasteiger partial charge in [0.2, 0.25) is 5.79 Å². The summed E-state index contributed by atoms with van der Waals surface area (Å²) in [6.45, 7) is 2.16. The van der Waals surface area contributed by atoms with Crippen LogP contribution in [0.2, 0.25) is 0 Å². The Bertz CT molecular complexity index is 516. The van der Waals surface area contributed by atoms with Crippen LogP contribution in [0.4, 0.5) is 0 Å². The summed E-state index contributed by atoms with van der Waals surface area (Å²) in [7, 11) is 1.73. The fourth-order valence-corrected chi connectivity index (χ4v) is 4.20. The van der Waals surface area contributed by atoms with Gasteiger partial charge in [-0.15, -0.1) is 0 Å². The van der Waals surface area contributed by atoms with Crippen LogP contribution < -0.4 is 5.48 Å². The van der Waals surface area contributed by atoms with Crippen molar-refractivity contribution in [2.75, 3.05) is 20.2 Å². The van der Waals surface area contributed by atoms with Gasteiger partial charge in [0.25, 0.3) is 0 Å². The van der Waals surface area contributed by atoms with Gasteiger partial charge in [-0.25, -0.2) is 0 Å². The minimum atomic E-state index is -0.580. The Kier molecular flexibility index (Phi) is 2.79. The molecule has 5 nitrogen and oxygen atoms in total. The van der Waals surface area contributed by atoms with Crippen molar-refractivity contribution in [1.29, 1.82) is 0 Å². The van der Waals surface area contributed by atoms with Crippen LogP contribution >= 0.6 is 0 Å². The maximum atomic E-state index is 10.1. The minimum absolute atomic E-state index is 0.0563. The van der Waals surface area contributed by atoms with Gasteiger partial charge in [-0.3, -0.25) is 9.74 Å². The fraction of sp³-hybridized carbons (Fsp3) is 0.600. The number of rotatable bonds is 2. The Morgan fingerprint density at radius 2 is 2.10 bits per heavy atom. The molecule has 3 atom stereocenters. The number of piperidine rings is 3.